The predicted octanol–water partition coefficient (Wildman–Crippen LogP) is 2.36. The number of rotatable bonds is 2. The van der Waals surface area contributed by atoms with Gasteiger partial charge < -0.3 is 4.90 Å². The Kier molecular flexibility index (Phi) is 3.59. The molecule has 4 rings (SSSR count). The maximum absolute atomic E-state index is 13.0. The first-order valence-corrected chi connectivity index (χ1v) is 8.40. The first-order valence-electron chi connectivity index (χ1n) is 8.40. The molecule has 2 aromatic heterocycles. The second-order valence-corrected chi connectivity index (χ2v) is 6.42. The van der Waals surface area contributed by atoms with Crippen molar-refractivity contribution in [2.75, 3.05) is 6.54 Å². The average molecular weight is 311 g/mol. The molecule has 0 saturated carbocycles. The van der Waals surface area contributed by atoms with E-state index in [0.717, 1.165) is 61.4 Å². The molecule has 0 spiro atoms. The summed E-state index contributed by atoms with van der Waals surface area (Å²) in [7, 11) is 0. The third kappa shape index (κ3) is 2.52. The van der Waals surface area contributed by atoms with Crippen molar-refractivity contribution < 1.29 is 4.79 Å². The molecule has 0 radical (unpaired) electrons. The summed E-state index contributed by atoms with van der Waals surface area (Å²) in [5, 5.41) is 7.41. The van der Waals surface area contributed by atoms with E-state index in [1.165, 1.54) is 6.42 Å². The van der Waals surface area contributed by atoms with Gasteiger partial charge in [0.2, 0.25) is 0 Å². The van der Waals surface area contributed by atoms with E-state index in [-0.39, 0.29) is 11.9 Å². The Balaban J connectivity index is 1.64. The summed E-state index contributed by atoms with van der Waals surface area (Å²) in [6.07, 6.45) is 8.01. The van der Waals surface area contributed by atoms with E-state index in [2.05, 4.69) is 20.2 Å². The predicted molar refractivity (Wildman–Crippen MR) is 85.0 cm³/mol. The van der Waals surface area contributed by atoms with Crippen molar-refractivity contribution in [1.82, 2.24) is 25.1 Å². The second kappa shape index (κ2) is 5.76. The van der Waals surface area contributed by atoms with E-state index < -0.39 is 0 Å². The maximum atomic E-state index is 13.0. The molecule has 1 N–H and O–H groups in total. The van der Waals surface area contributed by atoms with Gasteiger partial charge in [-0.15, -0.1) is 0 Å². The van der Waals surface area contributed by atoms with Gasteiger partial charge in [-0.1, -0.05) is 0 Å². The van der Waals surface area contributed by atoms with Crippen LogP contribution < -0.4 is 0 Å². The number of fused-ring (bicyclic) bond motifs is 1. The summed E-state index contributed by atoms with van der Waals surface area (Å²) >= 11 is 0. The Morgan fingerprint density at radius 3 is 3.04 bits per heavy atom. The fourth-order valence-corrected chi connectivity index (χ4v) is 3.77. The van der Waals surface area contributed by atoms with Crippen molar-refractivity contribution in [1.29, 1.82) is 0 Å². The molecule has 0 aromatic carbocycles. The Bertz CT molecular complexity index is 738. The van der Waals surface area contributed by atoms with Gasteiger partial charge in [-0.3, -0.25) is 9.89 Å². The zero-order valence-corrected chi connectivity index (χ0v) is 13.4. The van der Waals surface area contributed by atoms with Crippen LogP contribution >= 0.6 is 0 Å². The van der Waals surface area contributed by atoms with Crippen molar-refractivity contribution in [3.63, 3.8) is 0 Å². The minimum absolute atomic E-state index is 0.0418. The van der Waals surface area contributed by atoms with Crippen molar-refractivity contribution in [3.8, 4) is 0 Å². The average Bonchev–Trinajstić information content (AvgIpc) is 3.21. The van der Waals surface area contributed by atoms with Gasteiger partial charge in [0.15, 0.2) is 5.69 Å². The van der Waals surface area contributed by atoms with Gasteiger partial charge >= 0.3 is 0 Å². The largest absolute Gasteiger partial charge is 0.329 e. The standard InChI is InChI=1S/C17H21N5O/c1-11-18-9-8-14(19-11)15-7-4-10-22(15)17(23)16-12-5-2-3-6-13(12)20-21-16/h8-9,15H,2-7,10H2,1H3,(H,20,21). The molecule has 1 fully saturated rings. The third-order valence-electron chi connectivity index (χ3n) is 4.91. The van der Waals surface area contributed by atoms with E-state index >= 15 is 0 Å². The van der Waals surface area contributed by atoms with Gasteiger partial charge in [0, 0.05) is 24.0 Å². The molecule has 2 aliphatic rings. The smallest absolute Gasteiger partial charge is 0.275 e. The number of amides is 1. The number of carbonyl (C=O) groups is 1. The summed E-state index contributed by atoms with van der Waals surface area (Å²) in [4.78, 5) is 23.7. The fraction of sp³-hybridized carbons (Fsp3) is 0.529. The van der Waals surface area contributed by atoms with Gasteiger partial charge in [0.1, 0.15) is 5.82 Å². The number of nitrogens with one attached hydrogen (secondary N) is 1. The molecule has 1 unspecified atom stereocenters. The fourth-order valence-electron chi connectivity index (χ4n) is 3.77. The molecule has 23 heavy (non-hydrogen) atoms. The highest BCUT2D eigenvalue weighted by Gasteiger charge is 2.34. The number of aryl methyl sites for hydroxylation is 2. The molecule has 2 aromatic rings. The number of carbonyl (C=O) groups excluding carboxylic acids is 1. The van der Waals surface area contributed by atoms with Crippen molar-refractivity contribution in [2.24, 2.45) is 0 Å². The highest BCUT2D eigenvalue weighted by molar-refractivity contribution is 5.94. The molecule has 1 aliphatic carbocycles. The van der Waals surface area contributed by atoms with Crippen LogP contribution in [0.4, 0.5) is 0 Å². The van der Waals surface area contributed by atoms with Crippen LogP contribution in [-0.4, -0.2) is 37.5 Å². The highest BCUT2D eigenvalue weighted by atomic mass is 16.2. The lowest BCUT2D eigenvalue weighted by Gasteiger charge is -2.24. The van der Waals surface area contributed by atoms with E-state index in [9.17, 15) is 4.79 Å². The lowest BCUT2D eigenvalue weighted by Crippen LogP contribution is -2.32. The van der Waals surface area contributed by atoms with E-state index in [1.54, 1.807) is 6.20 Å². The molecule has 3 heterocycles. The molecule has 1 atom stereocenters. The second-order valence-electron chi connectivity index (χ2n) is 6.42. The SMILES string of the molecule is Cc1nccc(C2CCCN2C(=O)c2n[nH]c3c2CCCC3)n1. The van der Waals surface area contributed by atoms with E-state index in [1.807, 2.05) is 17.9 Å². The Labute approximate surface area is 135 Å². The zero-order chi connectivity index (χ0) is 15.8. The number of aromatic amines is 1. The van der Waals surface area contributed by atoms with Crippen LogP contribution in [0.15, 0.2) is 12.3 Å². The maximum Gasteiger partial charge on any atom is 0.275 e. The molecular formula is C17H21N5O. The van der Waals surface area contributed by atoms with Gasteiger partial charge in [0.25, 0.3) is 5.91 Å². The van der Waals surface area contributed by atoms with E-state index in [0.29, 0.717) is 5.69 Å². The number of hydrogen-bond acceptors (Lipinski definition) is 4. The molecule has 1 saturated heterocycles. The van der Waals surface area contributed by atoms with Crippen LogP contribution in [0.1, 0.15) is 65.0 Å². The summed E-state index contributed by atoms with van der Waals surface area (Å²) in [6.45, 7) is 2.66. The van der Waals surface area contributed by atoms with Crippen molar-refractivity contribution >= 4 is 5.91 Å². The van der Waals surface area contributed by atoms with Crippen LogP contribution in [0, 0.1) is 6.92 Å². The molecule has 1 amide bonds. The molecule has 0 bridgehead atoms. The first-order chi connectivity index (χ1) is 11.2. The molecule has 1 aliphatic heterocycles. The van der Waals surface area contributed by atoms with Crippen LogP contribution in [0.2, 0.25) is 0 Å². The van der Waals surface area contributed by atoms with E-state index in [4.69, 9.17) is 0 Å². The van der Waals surface area contributed by atoms with Gasteiger partial charge in [0.05, 0.1) is 11.7 Å². The quantitative estimate of drug-likeness (QED) is 0.924. The number of likely N-dealkylation sites (tertiary alicyclic amines) is 1. The summed E-state index contributed by atoms with van der Waals surface area (Å²) in [5.74, 6) is 0.794. The topological polar surface area (TPSA) is 74.8 Å². The number of nitrogens with zero attached hydrogens (tertiary/aromatic N) is 4. The van der Waals surface area contributed by atoms with Crippen molar-refractivity contribution in [3.05, 3.63) is 40.7 Å². The lowest BCUT2D eigenvalue weighted by atomic mass is 9.95. The van der Waals surface area contributed by atoms with Crippen LogP contribution in [0.5, 0.6) is 0 Å². The highest BCUT2D eigenvalue weighted by Crippen LogP contribution is 2.33. The Morgan fingerprint density at radius 1 is 1.30 bits per heavy atom. The van der Waals surface area contributed by atoms with Crippen LogP contribution in [0.3, 0.4) is 0 Å². The normalized spacial score (nSPS) is 20.6. The number of hydrogen-bond donors (Lipinski definition) is 1. The Morgan fingerprint density at radius 2 is 2.17 bits per heavy atom. The molecule has 6 nitrogen and oxygen atoms in total. The summed E-state index contributed by atoms with van der Waals surface area (Å²) in [5.41, 5.74) is 3.84. The first kappa shape index (κ1) is 14.4. The minimum Gasteiger partial charge on any atom is -0.329 e. The number of H-pyrrole nitrogens is 1. The summed E-state index contributed by atoms with van der Waals surface area (Å²) < 4.78 is 0. The minimum atomic E-state index is 0.0418. The molecule has 120 valence electrons. The Hall–Kier alpha value is -2.24. The zero-order valence-electron chi connectivity index (χ0n) is 13.4. The lowest BCUT2D eigenvalue weighted by molar-refractivity contribution is 0.0725. The molecule has 6 heteroatoms. The van der Waals surface area contributed by atoms with Crippen LogP contribution in [0.25, 0.3) is 0 Å². The third-order valence-corrected chi connectivity index (χ3v) is 4.91. The molecular weight excluding hydrogens is 290 g/mol. The summed E-state index contributed by atoms with van der Waals surface area (Å²) in [6, 6.07) is 1.96. The van der Waals surface area contributed by atoms with Crippen molar-refractivity contribution in [2.45, 2.75) is 51.5 Å². The van der Waals surface area contributed by atoms with Gasteiger partial charge in [-0.2, -0.15) is 5.10 Å². The monoisotopic (exact) mass is 311 g/mol. The number of aromatic nitrogens is 4. The van der Waals surface area contributed by atoms with Gasteiger partial charge in [-0.25, -0.2) is 9.97 Å². The van der Waals surface area contributed by atoms with Crippen LogP contribution in [-0.2, 0) is 12.8 Å². The van der Waals surface area contributed by atoms with Gasteiger partial charge in [-0.05, 0) is 51.5 Å².